The van der Waals surface area contributed by atoms with E-state index in [0.717, 1.165) is 10.9 Å². The van der Waals surface area contributed by atoms with Crippen LogP contribution in [0.5, 0.6) is 0 Å². The molecule has 30 heavy (non-hydrogen) atoms. The summed E-state index contributed by atoms with van der Waals surface area (Å²) < 4.78 is 6.44. The second kappa shape index (κ2) is 10.8. The van der Waals surface area contributed by atoms with E-state index in [0.29, 0.717) is 18.4 Å². The number of rotatable bonds is 9. The Morgan fingerprint density at radius 3 is 2.03 bits per heavy atom. The fourth-order valence-electron chi connectivity index (χ4n) is 3.30. The summed E-state index contributed by atoms with van der Waals surface area (Å²) in [5.74, 6) is -0.691. The number of benzene rings is 3. The molecule has 154 valence electrons. The Morgan fingerprint density at radius 2 is 1.43 bits per heavy atom. The van der Waals surface area contributed by atoms with Gasteiger partial charge in [0.25, 0.3) is 0 Å². The van der Waals surface area contributed by atoms with E-state index in [4.69, 9.17) is 4.74 Å². The maximum absolute atomic E-state index is 13.0. The van der Waals surface area contributed by atoms with Gasteiger partial charge in [0.05, 0.1) is 0 Å². The second-order valence-corrected chi connectivity index (χ2v) is 9.42. The normalized spacial score (nSPS) is 12.6. The fourth-order valence-corrected chi connectivity index (χ4v) is 5.47. The number of amides is 1. The van der Waals surface area contributed by atoms with Crippen LogP contribution in [-0.4, -0.2) is 39.5 Å². The second-order valence-electron chi connectivity index (χ2n) is 6.97. The number of ether oxygens (including phenoxy) is 1. The third kappa shape index (κ3) is 5.82. The molecule has 1 N–H and O–H groups in total. The van der Waals surface area contributed by atoms with Crippen molar-refractivity contribution in [1.82, 2.24) is 5.32 Å². The third-order valence-corrected chi connectivity index (χ3v) is 6.98. The van der Waals surface area contributed by atoms with Crippen molar-refractivity contribution < 1.29 is 14.3 Å². The summed E-state index contributed by atoms with van der Waals surface area (Å²) in [6.45, 7) is 0. The predicted octanol–water partition coefficient (Wildman–Crippen LogP) is 3.41. The molecule has 5 heteroatoms. The van der Waals surface area contributed by atoms with E-state index in [-0.39, 0.29) is 20.9 Å². The van der Waals surface area contributed by atoms with E-state index in [2.05, 4.69) is 17.4 Å². The topological polar surface area (TPSA) is 55.4 Å². The van der Waals surface area contributed by atoms with Crippen molar-refractivity contribution >= 4 is 31.3 Å². The molecule has 1 atom stereocenters. The van der Waals surface area contributed by atoms with Gasteiger partial charge in [-0.3, -0.25) is 0 Å². The summed E-state index contributed by atoms with van der Waals surface area (Å²) in [4.78, 5) is 26.0. The van der Waals surface area contributed by atoms with Gasteiger partial charge in [-0.2, -0.15) is 0 Å². The number of esters is 1. The Bertz CT molecular complexity index is 948. The fraction of sp³-hybridized carbons (Fsp3) is 0.200. The van der Waals surface area contributed by atoms with E-state index in [1.165, 1.54) is 11.6 Å². The van der Waals surface area contributed by atoms with Gasteiger partial charge in [0.1, 0.15) is 0 Å². The van der Waals surface area contributed by atoms with Crippen molar-refractivity contribution in [3.05, 3.63) is 102 Å². The average molecular weight is 466 g/mol. The molecule has 0 bridgehead atoms. The molecule has 0 heterocycles. The molecule has 0 aliphatic rings. The Morgan fingerprint density at radius 1 is 0.867 bits per heavy atom. The van der Waals surface area contributed by atoms with Gasteiger partial charge in [-0.25, -0.2) is 0 Å². The van der Waals surface area contributed by atoms with E-state index < -0.39 is 11.5 Å². The van der Waals surface area contributed by atoms with Crippen molar-refractivity contribution in [1.29, 1.82) is 0 Å². The Balaban J connectivity index is 1.86. The third-order valence-electron chi connectivity index (χ3n) is 4.85. The average Bonchev–Trinajstić information content (AvgIpc) is 2.80. The zero-order valence-corrected chi connectivity index (χ0v) is 18.6. The van der Waals surface area contributed by atoms with Crippen LogP contribution in [0.3, 0.4) is 0 Å². The number of methoxy groups -OCH3 is 1. The molecule has 0 spiro atoms. The SMILES string of the molecule is COC(=O)[C@](CC[Se]c1ccccc1)(Cc1ccccc1)NC(=O)c1ccccc1. The molecule has 3 aromatic rings. The van der Waals surface area contributed by atoms with Gasteiger partial charge in [0, 0.05) is 0 Å². The number of hydrogen-bond donors (Lipinski definition) is 1. The minimum atomic E-state index is -1.13. The monoisotopic (exact) mass is 467 g/mol. The summed E-state index contributed by atoms with van der Waals surface area (Å²) in [7, 11) is 1.37. The Kier molecular flexibility index (Phi) is 7.83. The summed E-state index contributed by atoms with van der Waals surface area (Å²) >= 11 is 0.189. The van der Waals surface area contributed by atoms with Crippen LogP contribution in [-0.2, 0) is 16.0 Å². The number of carbonyl (C=O) groups is 2. The molecule has 3 aromatic carbocycles. The van der Waals surface area contributed by atoms with Crippen LogP contribution in [0.2, 0.25) is 5.32 Å². The number of hydrogen-bond acceptors (Lipinski definition) is 3. The van der Waals surface area contributed by atoms with Gasteiger partial charge in [0.15, 0.2) is 0 Å². The molecule has 0 aromatic heterocycles. The first-order valence-electron chi connectivity index (χ1n) is 9.81. The molecular weight excluding hydrogens is 441 g/mol. The van der Waals surface area contributed by atoms with Crippen molar-refractivity contribution in [3.8, 4) is 0 Å². The van der Waals surface area contributed by atoms with Crippen LogP contribution in [0.15, 0.2) is 91.0 Å². The zero-order chi connectivity index (χ0) is 21.2. The van der Waals surface area contributed by atoms with Crippen molar-refractivity contribution in [2.45, 2.75) is 23.7 Å². The Hall–Kier alpha value is -2.88. The molecule has 0 saturated carbocycles. The molecule has 0 unspecified atom stereocenters. The number of nitrogens with one attached hydrogen (secondary N) is 1. The van der Waals surface area contributed by atoms with Gasteiger partial charge < -0.3 is 0 Å². The summed E-state index contributed by atoms with van der Waals surface area (Å²) in [5, 5.41) is 3.83. The van der Waals surface area contributed by atoms with Crippen LogP contribution in [0.25, 0.3) is 0 Å². The van der Waals surface area contributed by atoms with Crippen molar-refractivity contribution in [3.63, 3.8) is 0 Å². The van der Waals surface area contributed by atoms with E-state index in [9.17, 15) is 9.59 Å². The standard InChI is InChI=1S/C25H25NO3Se/c1-29-24(28)25(19-20-11-5-2-6-12-20,17-18-30-22-15-9-4-10-16-22)26-23(27)21-13-7-3-8-14-21/h2-16H,17-19H2,1H3,(H,26,27)/t25-/m0/s1. The molecule has 0 fully saturated rings. The molecule has 0 saturated heterocycles. The molecule has 0 aliphatic heterocycles. The molecule has 3 rings (SSSR count). The summed E-state index contributed by atoms with van der Waals surface area (Å²) in [6.07, 6.45) is 0.881. The van der Waals surface area contributed by atoms with Gasteiger partial charge in [-0.05, 0) is 0 Å². The van der Waals surface area contributed by atoms with Crippen LogP contribution in [0.1, 0.15) is 22.3 Å². The molecule has 1 amide bonds. The quantitative estimate of drug-likeness (QED) is 0.389. The van der Waals surface area contributed by atoms with Crippen LogP contribution in [0.4, 0.5) is 0 Å². The first-order chi connectivity index (χ1) is 14.6. The summed E-state index contributed by atoms with van der Waals surface area (Å²) in [5.41, 5.74) is 0.371. The van der Waals surface area contributed by atoms with E-state index >= 15 is 0 Å². The van der Waals surface area contributed by atoms with Gasteiger partial charge in [-0.15, -0.1) is 0 Å². The van der Waals surface area contributed by atoms with Crippen molar-refractivity contribution in [2.75, 3.05) is 7.11 Å². The van der Waals surface area contributed by atoms with Crippen LogP contribution < -0.4 is 9.78 Å². The first-order valence-corrected chi connectivity index (χ1v) is 11.9. The van der Waals surface area contributed by atoms with Gasteiger partial charge >= 0.3 is 184 Å². The molecule has 0 radical (unpaired) electrons. The minimum absolute atomic E-state index is 0.189. The number of carbonyl (C=O) groups excluding carboxylic acids is 2. The Labute approximate surface area is 183 Å². The molecule has 4 nitrogen and oxygen atoms in total. The summed E-state index contributed by atoms with van der Waals surface area (Å²) in [6, 6.07) is 28.9. The molecular formula is C25H25NO3Se. The zero-order valence-electron chi connectivity index (χ0n) is 16.9. The van der Waals surface area contributed by atoms with E-state index in [1.54, 1.807) is 12.1 Å². The van der Waals surface area contributed by atoms with Gasteiger partial charge in [-0.1, -0.05) is 0 Å². The first kappa shape index (κ1) is 21.8. The molecule has 0 aliphatic carbocycles. The van der Waals surface area contributed by atoms with E-state index in [1.807, 2.05) is 66.7 Å². The predicted molar refractivity (Wildman–Crippen MR) is 120 cm³/mol. The van der Waals surface area contributed by atoms with Crippen molar-refractivity contribution in [2.24, 2.45) is 0 Å². The van der Waals surface area contributed by atoms with Crippen LogP contribution >= 0.6 is 0 Å². The maximum atomic E-state index is 13.0. The van der Waals surface area contributed by atoms with Crippen LogP contribution in [0, 0.1) is 0 Å². The van der Waals surface area contributed by atoms with Gasteiger partial charge in [0.2, 0.25) is 0 Å².